The van der Waals surface area contributed by atoms with Gasteiger partial charge in [0.15, 0.2) is 0 Å². The van der Waals surface area contributed by atoms with Crippen LogP contribution in [-0.2, 0) is 6.42 Å². The number of pyridine rings is 1. The average molecular weight is 568 g/mol. The van der Waals surface area contributed by atoms with Gasteiger partial charge in [-0.1, -0.05) is 124 Å². The fourth-order valence-corrected chi connectivity index (χ4v) is 4.87. The van der Waals surface area contributed by atoms with Crippen molar-refractivity contribution in [3.05, 3.63) is 167 Å². The molecule has 0 spiro atoms. The number of nitrogens with zero attached hydrogens (tertiary/aromatic N) is 1. The maximum absolute atomic E-state index is 7.72. The van der Waals surface area contributed by atoms with Crippen LogP contribution in [-0.4, -0.2) is 11.3 Å². The molecule has 3 nitrogen and oxygen atoms in total. The van der Waals surface area contributed by atoms with Crippen LogP contribution in [0.1, 0.15) is 74.5 Å². The number of hydrogen-bond donors (Lipinski definition) is 2. The van der Waals surface area contributed by atoms with E-state index in [4.69, 9.17) is 5.41 Å². The maximum atomic E-state index is 7.72. The summed E-state index contributed by atoms with van der Waals surface area (Å²) in [4.78, 5) is 4.63. The van der Waals surface area contributed by atoms with E-state index in [9.17, 15) is 0 Å². The van der Waals surface area contributed by atoms with Crippen LogP contribution in [0.4, 0.5) is 0 Å². The van der Waals surface area contributed by atoms with Gasteiger partial charge in [-0.15, -0.1) is 0 Å². The first-order chi connectivity index (χ1) is 21.0. The molecule has 220 valence electrons. The molecule has 1 aliphatic carbocycles. The highest BCUT2D eigenvalue weighted by molar-refractivity contribution is 5.85. The molecular weight excluding hydrogens is 522 g/mol. The molecule has 3 heteroatoms. The Morgan fingerprint density at radius 1 is 1.09 bits per heavy atom. The summed E-state index contributed by atoms with van der Waals surface area (Å²) in [5.74, 6) is 0. The number of hydrogen-bond acceptors (Lipinski definition) is 2. The second-order valence-electron chi connectivity index (χ2n) is 10.2. The highest BCUT2D eigenvalue weighted by atomic mass is 14.9. The minimum atomic E-state index is -0.142. The normalized spacial score (nSPS) is 15.0. The largest absolute Gasteiger partial charge is 0.366 e. The van der Waals surface area contributed by atoms with Crippen molar-refractivity contribution in [2.45, 2.75) is 53.0 Å². The van der Waals surface area contributed by atoms with Gasteiger partial charge in [0.1, 0.15) is 0 Å². The Kier molecular flexibility index (Phi) is 13.1. The number of allylic oxidation sites excluding steroid dienone is 16. The second-order valence-corrected chi connectivity index (χ2v) is 10.2. The van der Waals surface area contributed by atoms with Crippen molar-refractivity contribution < 1.29 is 0 Å². The fourth-order valence-electron chi connectivity index (χ4n) is 4.87. The van der Waals surface area contributed by atoms with E-state index < -0.39 is 0 Å². The van der Waals surface area contributed by atoms with Crippen molar-refractivity contribution in [1.29, 1.82) is 5.41 Å². The lowest BCUT2D eigenvalue weighted by molar-refractivity contribution is 0.800. The highest BCUT2D eigenvalue weighted by Crippen LogP contribution is 2.32. The van der Waals surface area contributed by atoms with Crippen LogP contribution in [0.5, 0.6) is 0 Å². The first-order valence-electron chi connectivity index (χ1n) is 15.1. The first-order valence-corrected chi connectivity index (χ1v) is 15.1. The standard InChI is InChI=1S/C40H45N3/c1-7-12-17-37-32(10-4)16-13-14-18-38(37)34-22-24-35(25-23-34)40(43-29-41)26-21-31(9-3)20-19-30(6)36-27-33(11-5)39(15-8-2)42-28-36/h8-10,12-13,15-29,40H,4,6-7,11,14H2,1-3,5H3,(H2,41,43)/b15-8-,17-12-,20-19-,26-21+,31-9+. The zero-order chi connectivity index (χ0) is 31.0. The Bertz CT molecular complexity index is 1530. The van der Waals surface area contributed by atoms with Crippen LogP contribution in [0.2, 0.25) is 0 Å². The Balaban J connectivity index is 1.80. The van der Waals surface area contributed by atoms with Crippen LogP contribution >= 0.6 is 0 Å². The molecule has 0 amide bonds. The van der Waals surface area contributed by atoms with E-state index in [2.05, 4.69) is 122 Å². The van der Waals surface area contributed by atoms with Gasteiger partial charge in [-0.25, -0.2) is 0 Å². The summed E-state index contributed by atoms with van der Waals surface area (Å²) in [6, 6.07) is 10.6. The van der Waals surface area contributed by atoms with Gasteiger partial charge >= 0.3 is 0 Å². The van der Waals surface area contributed by atoms with Gasteiger partial charge in [-0.3, -0.25) is 10.4 Å². The van der Waals surface area contributed by atoms with Crippen LogP contribution in [0.15, 0.2) is 139 Å². The summed E-state index contributed by atoms with van der Waals surface area (Å²) >= 11 is 0. The lowest BCUT2D eigenvalue weighted by Gasteiger charge is -2.16. The predicted octanol–water partition coefficient (Wildman–Crippen LogP) is 10.5. The summed E-state index contributed by atoms with van der Waals surface area (Å²) in [6.45, 7) is 16.6. The lowest BCUT2D eigenvalue weighted by Crippen LogP contribution is -2.17. The predicted molar refractivity (Wildman–Crippen MR) is 189 cm³/mol. The lowest BCUT2D eigenvalue weighted by atomic mass is 9.92. The quantitative estimate of drug-likeness (QED) is 0.135. The van der Waals surface area contributed by atoms with Crippen molar-refractivity contribution in [1.82, 2.24) is 10.3 Å². The number of nitrogens with one attached hydrogen (secondary N) is 2. The van der Waals surface area contributed by atoms with Gasteiger partial charge in [-0.2, -0.15) is 0 Å². The molecule has 0 aliphatic heterocycles. The minimum Gasteiger partial charge on any atom is -0.366 e. The fraction of sp³-hybridized carbons (Fsp3) is 0.200. The molecule has 1 aromatic carbocycles. The molecule has 0 saturated heterocycles. The summed E-state index contributed by atoms with van der Waals surface area (Å²) in [5.41, 5.74) is 11.0. The van der Waals surface area contributed by atoms with Crippen molar-refractivity contribution in [2.24, 2.45) is 0 Å². The van der Waals surface area contributed by atoms with Crippen molar-refractivity contribution in [3.63, 3.8) is 0 Å². The van der Waals surface area contributed by atoms with Crippen LogP contribution in [0.25, 0.3) is 17.2 Å². The second kappa shape index (κ2) is 17.3. The van der Waals surface area contributed by atoms with Crippen LogP contribution in [0, 0.1) is 5.41 Å². The Hall–Kier alpha value is -4.76. The summed E-state index contributed by atoms with van der Waals surface area (Å²) < 4.78 is 0. The van der Waals surface area contributed by atoms with Crippen LogP contribution in [0.3, 0.4) is 0 Å². The van der Waals surface area contributed by atoms with E-state index in [0.717, 1.165) is 58.4 Å². The zero-order valence-electron chi connectivity index (χ0n) is 26.1. The van der Waals surface area contributed by atoms with Gasteiger partial charge < -0.3 is 5.32 Å². The monoisotopic (exact) mass is 567 g/mol. The molecule has 1 atom stereocenters. The Morgan fingerprint density at radius 2 is 1.88 bits per heavy atom. The van der Waals surface area contributed by atoms with Crippen molar-refractivity contribution in [3.8, 4) is 0 Å². The topological polar surface area (TPSA) is 48.8 Å². The van der Waals surface area contributed by atoms with Crippen molar-refractivity contribution >= 4 is 23.6 Å². The molecule has 1 heterocycles. The minimum absolute atomic E-state index is 0.142. The molecular formula is C40H45N3. The molecule has 1 aliphatic rings. The summed E-state index contributed by atoms with van der Waals surface area (Å²) in [7, 11) is 0. The molecule has 2 N–H and O–H groups in total. The average Bonchev–Trinajstić information content (AvgIpc) is 3.25. The molecule has 1 unspecified atom stereocenters. The third kappa shape index (κ3) is 9.11. The van der Waals surface area contributed by atoms with Gasteiger partial charge in [0.25, 0.3) is 0 Å². The van der Waals surface area contributed by atoms with Gasteiger partial charge in [0.2, 0.25) is 0 Å². The molecule has 1 aromatic heterocycles. The molecule has 0 saturated carbocycles. The summed E-state index contributed by atoms with van der Waals surface area (Å²) in [6.07, 6.45) is 33.2. The number of aryl methyl sites for hydroxylation is 1. The Labute approximate surface area is 259 Å². The van der Waals surface area contributed by atoms with Gasteiger partial charge in [0.05, 0.1) is 18.1 Å². The molecule has 0 fully saturated rings. The molecule has 3 rings (SSSR count). The van der Waals surface area contributed by atoms with E-state index >= 15 is 0 Å². The Morgan fingerprint density at radius 3 is 2.53 bits per heavy atom. The van der Waals surface area contributed by atoms with E-state index in [-0.39, 0.29) is 6.04 Å². The van der Waals surface area contributed by atoms with E-state index in [1.807, 2.05) is 44.3 Å². The highest BCUT2D eigenvalue weighted by Gasteiger charge is 2.13. The van der Waals surface area contributed by atoms with Gasteiger partial charge in [0, 0.05) is 6.20 Å². The van der Waals surface area contributed by atoms with E-state index in [1.165, 1.54) is 23.0 Å². The van der Waals surface area contributed by atoms with Gasteiger partial charge in [-0.05, 0) is 95.4 Å². The molecule has 0 bridgehead atoms. The zero-order valence-corrected chi connectivity index (χ0v) is 26.1. The number of benzene rings is 1. The van der Waals surface area contributed by atoms with E-state index in [0.29, 0.717) is 0 Å². The third-order valence-electron chi connectivity index (χ3n) is 7.31. The summed E-state index contributed by atoms with van der Waals surface area (Å²) in [5, 5.41) is 10.9. The first kappa shape index (κ1) is 32.8. The SMILES string of the molecule is C=CC1=C(/C=C\CC)C(c2ccc(C(/C=C/C(/C=C\C(=C)c3cnc(/C=C\C)c(CC)c3)=C/C)NC=N)cc2)=CCC=C1. The number of rotatable bonds is 14. The number of aromatic nitrogens is 1. The van der Waals surface area contributed by atoms with Crippen LogP contribution < -0.4 is 5.32 Å². The molecule has 43 heavy (non-hydrogen) atoms. The van der Waals surface area contributed by atoms with Crippen molar-refractivity contribution in [2.75, 3.05) is 0 Å². The molecule has 0 radical (unpaired) electrons. The molecule has 2 aromatic rings. The third-order valence-corrected chi connectivity index (χ3v) is 7.31. The van der Waals surface area contributed by atoms with E-state index in [1.54, 1.807) is 0 Å². The maximum Gasteiger partial charge on any atom is 0.0798 e. The smallest absolute Gasteiger partial charge is 0.0798 e.